The van der Waals surface area contributed by atoms with Gasteiger partial charge in [-0.3, -0.25) is 14.7 Å². The van der Waals surface area contributed by atoms with Crippen molar-refractivity contribution < 1.29 is 0 Å². The second-order valence-corrected chi connectivity index (χ2v) is 5.24. The van der Waals surface area contributed by atoms with E-state index >= 15 is 0 Å². The first-order valence-corrected chi connectivity index (χ1v) is 6.75. The number of hydrogen-bond acceptors (Lipinski definition) is 2. The van der Waals surface area contributed by atoms with Gasteiger partial charge in [-0.1, -0.05) is 24.3 Å². The van der Waals surface area contributed by atoms with Crippen LogP contribution in [0.1, 0.15) is 0 Å². The Kier molecular flexibility index (Phi) is 2.98. The van der Waals surface area contributed by atoms with Crippen LogP contribution in [0.15, 0.2) is 58.1 Å². The van der Waals surface area contributed by atoms with Crippen molar-refractivity contribution in [2.75, 3.05) is 0 Å². The van der Waals surface area contributed by atoms with Gasteiger partial charge in [0, 0.05) is 3.57 Å². The third kappa shape index (κ3) is 1.99. The highest BCUT2D eigenvalue weighted by molar-refractivity contribution is 14.1. The number of aromatic nitrogens is 2. The van der Waals surface area contributed by atoms with Crippen molar-refractivity contribution in [3.05, 3.63) is 72.8 Å². The molecule has 0 atom stereocenters. The van der Waals surface area contributed by atoms with Gasteiger partial charge < -0.3 is 0 Å². The molecule has 94 valence electrons. The Hall–Kier alpha value is -1.89. The van der Waals surface area contributed by atoms with Gasteiger partial charge in [-0.15, -0.1) is 0 Å². The summed E-state index contributed by atoms with van der Waals surface area (Å²) in [5.74, 6) is 0. The van der Waals surface area contributed by atoms with Crippen LogP contribution in [0.25, 0.3) is 16.5 Å². The molecule has 0 unspecified atom stereocenters. The van der Waals surface area contributed by atoms with Crippen molar-refractivity contribution in [1.29, 1.82) is 0 Å². The molecule has 0 radical (unpaired) electrons. The lowest BCUT2D eigenvalue weighted by atomic mass is 10.2. The van der Waals surface area contributed by atoms with Gasteiger partial charge in [-0.25, -0.2) is 4.68 Å². The molecule has 0 fully saturated rings. The first-order chi connectivity index (χ1) is 9.18. The fourth-order valence-corrected chi connectivity index (χ4v) is 2.63. The molecule has 3 rings (SSSR count). The van der Waals surface area contributed by atoms with Gasteiger partial charge in [-0.2, -0.15) is 0 Å². The van der Waals surface area contributed by atoms with Crippen LogP contribution in [0.2, 0.25) is 0 Å². The topological polar surface area (TPSA) is 54.9 Å². The number of fused-ring (bicyclic) bond motifs is 1. The molecular weight excluding hydrogens is 355 g/mol. The van der Waals surface area contributed by atoms with Crippen molar-refractivity contribution in [3.63, 3.8) is 0 Å². The van der Waals surface area contributed by atoms with Gasteiger partial charge >= 0.3 is 0 Å². The molecule has 5 heteroatoms. The number of rotatable bonds is 1. The predicted molar refractivity (Wildman–Crippen MR) is 82.9 cm³/mol. The number of H-pyrrole nitrogens is 1. The fraction of sp³-hybridized carbons (Fsp3) is 0. The van der Waals surface area contributed by atoms with Gasteiger partial charge in [0.05, 0.1) is 16.5 Å². The van der Waals surface area contributed by atoms with E-state index in [-0.39, 0.29) is 11.1 Å². The van der Waals surface area contributed by atoms with Gasteiger partial charge in [0.15, 0.2) is 0 Å². The molecule has 0 amide bonds. The number of halogens is 1. The Labute approximate surface area is 121 Å². The molecule has 4 nitrogen and oxygen atoms in total. The molecule has 0 aliphatic heterocycles. The Balaban J connectivity index is 2.45. The normalized spacial score (nSPS) is 10.8. The number of nitrogens with zero attached hydrogens (tertiary/aromatic N) is 1. The predicted octanol–water partition coefficient (Wildman–Crippen LogP) is 2.28. The quantitative estimate of drug-likeness (QED) is 0.674. The van der Waals surface area contributed by atoms with Crippen LogP contribution in [0.5, 0.6) is 0 Å². The first-order valence-electron chi connectivity index (χ1n) is 5.67. The average molecular weight is 364 g/mol. The molecule has 1 aromatic heterocycles. The van der Waals surface area contributed by atoms with E-state index in [9.17, 15) is 9.59 Å². The van der Waals surface area contributed by atoms with Crippen LogP contribution in [0, 0.1) is 3.57 Å². The van der Waals surface area contributed by atoms with Crippen molar-refractivity contribution >= 4 is 33.4 Å². The minimum Gasteiger partial charge on any atom is -0.267 e. The van der Waals surface area contributed by atoms with Crippen molar-refractivity contribution in [2.45, 2.75) is 0 Å². The van der Waals surface area contributed by atoms with E-state index < -0.39 is 0 Å². The number of benzene rings is 2. The summed E-state index contributed by atoms with van der Waals surface area (Å²) in [5, 5.41) is 3.45. The number of para-hydroxylation sites is 1. The van der Waals surface area contributed by atoms with E-state index in [1.165, 1.54) is 4.68 Å². The number of hydrogen-bond donors (Lipinski definition) is 1. The lowest BCUT2D eigenvalue weighted by Gasteiger charge is -2.08. The largest absolute Gasteiger partial charge is 0.277 e. The third-order valence-corrected chi connectivity index (χ3v) is 3.82. The minimum atomic E-state index is -0.269. The van der Waals surface area contributed by atoms with Gasteiger partial charge in [0.25, 0.3) is 11.1 Å². The van der Waals surface area contributed by atoms with Crippen LogP contribution in [-0.2, 0) is 0 Å². The van der Waals surface area contributed by atoms with Crippen molar-refractivity contribution in [3.8, 4) is 5.69 Å². The second kappa shape index (κ2) is 4.65. The Bertz CT molecular complexity index is 880. The van der Waals surface area contributed by atoms with E-state index in [0.29, 0.717) is 16.5 Å². The molecule has 0 aliphatic rings. The highest BCUT2D eigenvalue weighted by atomic mass is 127. The molecule has 1 N–H and O–H groups in total. The zero-order valence-corrected chi connectivity index (χ0v) is 11.9. The Morgan fingerprint density at radius 2 is 1.53 bits per heavy atom. The molecule has 0 bridgehead atoms. The van der Waals surface area contributed by atoms with Crippen LogP contribution in [0.4, 0.5) is 0 Å². The lowest BCUT2D eigenvalue weighted by Crippen LogP contribution is -2.28. The first kappa shape index (κ1) is 12.2. The monoisotopic (exact) mass is 364 g/mol. The van der Waals surface area contributed by atoms with Gasteiger partial charge in [0.2, 0.25) is 0 Å². The molecule has 0 saturated carbocycles. The van der Waals surface area contributed by atoms with E-state index in [4.69, 9.17) is 0 Å². The van der Waals surface area contributed by atoms with Crippen LogP contribution >= 0.6 is 22.6 Å². The third-order valence-electron chi connectivity index (χ3n) is 2.91. The summed E-state index contributed by atoms with van der Waals surface area (Å²) in [4.78, 5) is 24.4. The summed E-state index contributed by atoms with van der Waals surface area (Å²) < 4.78 is 2.19. The smallest absolute Gasteiger partial charge is 0.267 e. The molecular formula is C14H9IN2O2. The zero-order chi connectivity index (χ0) is 13.4. The summed E-state index contributed by atoms with van der Waals surface area (Å²) in [5.41, 5.74) is 0.185. The minimum absolute atomic E-state index is 0.223. The Morgan fingerprint density at radius 1 is 0.895 bits per heavy atom. The molecule has 0 aliphatic carbocycles. The van der Waals surface area contributed by atoms with E-state index in [1.54, 1.807) is 30.3 Å². The number of aromatic amines is 1. The van der Waals surface area contributed by atoms with Crippen molar-refractivity contribution in [2.24, 2.45) is 0 Å². The number of nitrogens with one attached hydrogen (secondary N) is 1. The van der Waals surface area contributed by atoms with E-state index in [1.807, 2.05) is 18.2 Å². The van der Waals surface area contributed by atoms with Crippen LogP contribution in [-0.4, -0.2) is 9.78 Å². The SMILES string of the molecule is O=c1[nH]n(-c2ccccc2I)c(=O)c2ccccc12. The van der Waals surface area contributed by atoms with E-state index in [2.05, 4.69) is 27.7 Å². The lowest BCUT2D eigenvalue weighted by molar-refractivity contribution is 0.798. The maximum absolute atomic E-state index is 12.4. The van der Waals surface area contributed by atoms with Gasteiger partial charge in [0.1, 0.15) is 0 Å². The summed E-state index contributed by atoms with van der Waals surface area (Å²) in [7, 11) is 0. The highest BCUT2D eigenvalue weighted by Crippen LogP contribution is 2.14. The summed E-state index contributed by atoms with van der Waals surface area (Å²) in [6.07, 6.45) is 0. The zero-order valence-electron chi connectivity index (χ0n) is 9.76. The standard InChI is InChI=1S/C14H9IN2O2/c15-11-7-3-4-8-12(11)17-14(19)10-6-2-1-5-9(10)13(18)16-17/h1-8H,(H,16,18). The Morgan fingerprint density at radius 3 is 2.26 bits per heavy atom. The second-order valence-electron chi connectivity index (χ2n) is 4.08. The maximum Gasteiger partial charge on any atom is 0.277 e. The highest BCUT2D eigenvalue weighted by Gasteiger charge is 2.09. The average Bonchev–Trinajstić information content (AvgIpc) is 2.44. The van der Waals surface area contributed by atoms with Crippen LogP contribution in [0.3, 0.4) is 0 Å². The van der Waals surface area contributed by atoms with Gasteiger partial charge in [-0.05, 0) is 46.9 Å². The molecule has 19 heavy (non-hydrogen) atoms. The molecule has 1 heterocycles. The fourth-order valence-electron chi connectivity index (χ4n) is 2.00. The summed E-state index contributed by atoms with van der Waals surface area (Å²) in [6, 6.07) is 14.2. The van der Waals surface area contributed by atoms with Crippen molar-refractivity contribution in [1.82, 2.24) is 9.78 Å². The summed E-state index contributed by atoms with van der Waals surface area (Å²) in [6.45, 7) is 0. The summed E-state index contributed by atoms with van der Waals surface area (Å²) >= 11 is 2.13. The molecule has 0 spiro atoms. The molecule has 0 saturated heterocycles. The molecule has 3 aromatic rings. The van der Waals surface area contributed by atoms with E-state index in [0.717, 1.165) is 3.57 Å². The molecule has 2 aromatic carbocycles. The maximum atomic E-state index is 12.4. The van der Waals surface area contributed by atoms with Crippen LogP contribution < -0.4 is 11.1 Å².